The highest BCUT2D eigenvalue weighted by Gasteiger charge is 2.64. The van der Waals surface area contributed by atoms with Gasteiger partial charge in [-0.1, -0.05) is 0 Å². The smallest absolute Gasteiger partial charge is 0.424 e. The lowest BCUT2D eigenvalue weighted by Crippen LogP contribution is -2.44. The first-order chi connectivity index (χ1) is 9.55. The number of aliphatic hydroxyl groups is 2. The van der Waals surface area contributed by atoms with Crippen LogP contribution in [-0.4, -0.2) is 71.3 Å². The SMILES string of the molecule is CC(C)(C)OC(=O)N1C[C@]2(CO)O[C@@H](CO)C[C@@H]2S1(=O)=O. The third kappa shape index (κ3) is 2.75. The predicted octanol–water partition coefficient (Wildman–Crippen LogP) is -0.552. The van der Waals surface area contributed by atoms with Crippen molar-refractivity contribution in [1.29, 1.82) is 0 Å². The molecule has 0 aromatic carbocycles. The van der Waals surface area contributed by atoms with Crippen LogP contribution in [0, 0.1) is 0 Å². The Bertz CT molecular complexity index is 526. The van der Waals surface area contributed by atoms with Crippen molar-refractivity contribution >= 4 is 16.1 Å². The van der Waals surface area contributed by atoms with Crippen molar-refractivity contribution in [3.05, 3.63) is 0 Å². The van der Waals surface area contributed by atoms with E-state index in [-0.39, 0.29) is 19.6 Å². The molecular weight excluding hydrogens is 302 g/mol. The lowest BCUT2D eigenvalue weighted by Gasteiger charge is -2.26. The highest BCUT2D eigenvalue weighted by molar-refractivity contribution is 7.90. The topological polar surface area (TPSA) is 113 Å². The number of amides is 1. The minimum Gasteiger partial charge on any atom is -0.443 e. The summed E-state index contributed by atoms with van der Waals surface area (Å²) in [5.74, 6) is 0. The second-order valence-electron chi connectivity index (χ2n) is 6.40. The van der Waals surface area contributed by atoms with Crippen molar-refractivity contribution in [2.24, 2.45) is 0 Å². The lowest BCUT2D eigenvalue weighted by molar-refractivity contribution is -0.0848. The fourth-order valence-corrected chi connectivity index (χ4v) is 4.87. The third-order valence-corrected chi connectivity index (χ3v) is 5.85. The molecule has 122 valence electrons. The largest absolute Gasteiger partial charge is 0.443 e. The number of aliphatic hydroxyl groups excluding tert-OH is 2. The molecule has 3 atom stereocenters. The molecule has 2 aliphatic rings. The Morgan fingerprint density at radius 2 is 2.05 bits per heavy atom. The summed E-state index contributed by atoms with van der Waals surface area (Å²) in [4.78, 5) is 12.1. The number of carbonyl (C=O) groups is 1. The minimum atomic E-state index is -3.99. The van der Waals surface area contributed by atoms with Crippen molar-refractivity contribution < 1.29 is 32.9 Å². The fraction of sp³-hybridized carbons (Fsp3) is 0.917. The van der Waals surface area contributed by atoms with Crippen molar-refractivity contribution in [2.75, 3.05) is 19.8 Å². The Labute approximate surface area is 123 Å². The van der Waals surface area contributed by atoms with Crippen LogP contribution in [-0.2, 0) is 19.5 Å². The molecule has 1 amide bonds. The van der Waals surface area contributed by atoms with Crippen molar-refractivity contribution in [3.8, 4) is 0 Å². The summed E-state index contributed by atoms with van der Waals surface area (Å²) in [6, 6.07) is 0. The summed E-state index contributed by atoms with van der Waals surface area (Å²) in [5, 5.41) is 17.6. The summed E-state index contributed by atoms with van der Waals surface area (Å²) in [6.07, 6.45) is -1.59. The molecule has 2 aliphatic heterocycles. The number of hydrogen-bond acceptors (Lipinski definition) is 7. The van der Waals surface area contributed by atoms with E-state index in [1.54, 1.807) is 20.8 Å². The molecule has 0 aliphatic carbocycles. The summed E-state index contributed by atoms with van der Waals surface area (Å²) < 4.78 is 36.2. The van der Waals surface area contributed by atoms with Gasteiger partial charge in [-0.2, -0.15) is 0 Å². The standard InChI is InChI=1S/C12H21NO7S/c1-11(2,3)20-10(16)13-6-12(7-15)9(21(13,17)18)4-8(5-14)19-12/h8-9,14-15H,4-7H2,1-3H3/t8-,9+,12-/m1/s1. The zero-order valence-electron chi connectivity index (χ0n) is 12.3. The average Bonchev–Trinajstić information content (AvgIpc) is 2.82. The van der Waals surface area contributed by atoms with Crippen LogP contribution in [0.25, 0.3) is 0 Å². The predicted molar refractivity (Wildman–Crippen MR) is 72.0 cm³/mol. The van der Waals surface area contributed by atoms with Crippen LogP contribution in [0.15, 0.2) is 0 Å². The molecule has 2 N–H and O–H groups in total. The molecule has 2 fully saturated rings. The highest BCUT2D eigenvalue weighted by Crippen LogP contribution is 2.43. The number of hydrogen-bond donors (Lipinski definition) is 2. The van der Waals surface area contributed by atoms with Gasteiger partial charge in [-0.15, -0.1) is 0 Å². The van der Waals surface area contributed by atoms with Gasteiger partial charge < -0.3 is 19.7 Å². The summed E-state index contributed by atoms with van der Waals surface area (Å²) in [5.41, 5.74) is -2.21. The Morgan fingerprint density at radius 3 is 2.48 bits per heavy atom. The zero-order valence-corrected chi connectivity index (χ0v) is 13.1. The molecule has 2 heterocycles. The van der Waals surface area contributed by atoms with E-state index in [1.165, 1.54) is 0 Å². The van der Waals surface area contributed by atoms with Gasteiger partial charge in [-0.25, -0.2) is 17.5 Å². The molecule has 0 bridgehead atoms. The maximum Gasteiger partial charge on any atom is 0.424 e. The van der Waals surface area contributed by atoms with Crippen LogP contribution in [0.3, 0.4) is 0 Å². The van der Waals surface area contributed by atoms with E-state index in [1.807, 2.05) is 0 Å². The van der Waals surface area contributed by atoms with Gasteiger partial charge in [0.2, 0.25) is 10.0 Å². The molecular formula is C12H21NO7S. The lowest BCUT2D eigenvalue weighted by atomic mass is 10.0. The molecule has 2 rings (SSSR count). The number of nitrogens with zero attached hydrogens (tertiary/aromatic N) is 1. The molecule has 0 radical (unpaired) electrons. The van der Waals surface area contributed by atoms with Gasteiger partial charge in [-0.05, 0) is 27.2 Å². The molecule has 8 nitrogen and oxygen atoms in total. The van der Waals surface area contributed by atoms with Crippen LogP contribution in [0.5, 0.6) is 0 Å². The fourth-order valence-electron chi connectivity index (χ4n) is 2.71. The molecule has 9 heteroatoms. The normalized spacial score (nSPS) is 34.8. The monoisotopic (exact) mass is 323 g/mol. The second kappa shape index (κ2) is 5.08. The van der Waals surface area contributed by atoms with E-state index in [9.17, 15) is 18.3 Å². The Kier molecular flexibility index (Phi) is 3.98. The van der Waals surface area contributed by atoms with Crippen LogP contribution >= 0.6 is 0 Å². The van der Waals surface area contributed by atoms with Crippen LogP contribution in [0.1, 0.15) is 27.2 Å². The Balaban J connectivity index is 2.28. The van der Waals surface area contributed by atoms with Gasteiger partial charge in [0.1, 0.15) is 16.5 Å². The Morgan fingerprint density at radius 1 is 1.43 bits per heavy atom. The van der Waals surface area contributed by atoms with Gasteiger partial charge in [0.15, 0.2) is 0 Å². The van der Waals surface area contributed by atoms with E-state index in [2.05, 4.69) is 0 Å². The quantitative estimate of drug-likeness (QED) is 0.701. The van der Waals surface area contributed by atoms with Gasteiger partial charge >= 0.3 is 6.09 Å². The van der Waals surface area contributed by atoms with E-state index < -0.39 is 45.3 Å². The van der Waals surface area contributed by atoms with Gasteiger partial charge in [0.25, 0.3) is 0 Å². The van der Waals surface area contributed by atoms with Gasteiger partial charge in [-0.3, -0.25) is 0 Å². The molecule has 0 aromatic heterocycles. The zero-order chi connectivity index (χ0) is 16.1. The van der Waals surface area contributed by atoms with Gasteiger partial charge in [0, 0.05) is 0 Å². The van der Waals surface area contributed by atoms with Crippen molar-refractivity contribution in [3.63, 3.8) is 0 Å². The highest BCUT2D eigenvalue weighted by atomic mass is 32.2. The summed E-state index contributed by atoms with van der Waals surface area (Å²) in [6.45, 7) is 3.71. The van der Waals surface area contributed by atoms with Crippen LogP contribution < -0.4 is 0 Å². The molecule has 2 saturated heterocycles. The van der Waals surface area contributed by atoms with Crippen molar-refractivity contribution in [2.45, 2.75) is 49.7 Å². The van der Waals surface area contributed by atoms with Crippen LogP contribution in [0.2, 0.25) is 0 Å². The third-order valence-electron chi connectivity index (χ3n) is 3.61. The minimum absolute atomic E-state index is 0.0404. The number of carbonyl (C=O) groups excluding carboxylic acids is 1. The number of rotatable bonds is 2. The maximum absolute atomic E-state index is 12.5. The second-order valence-corrected chi connectivity index (χ2v) is 8.44. The molecule has 0 unspecified atom stereocenters. The first-order valence-corrected chi connectivity index (χ1v) is 8.20. The number of sulfonamides is 1. The van der Waals surface area contributed by atoms with E-state index in [4.69, 9.17) is 14.6 Å². The first-order valence-electron chi connectivity index (χ1n) is 6.70. The van der Waals surface area contributed by atoms with Crippen molar-refractivity contribution in [1.82, 2.24) is 4.31 Å². The van der Waals surface area contributed by atoms with E-state index >= 15 is 0 Å². The molecule has 0 saturated carbocycles. The Hall–Kier alpha value is -0.900. The first kappa shape index (κ1) is 16.5. The maximum atomic E-state index is 12.5. The van der Waals surface area contributed by atoms with Crippen LogP contribution in [0.4, 0.5) is 4.79 Å². The molecule has 0 spiro atoms. The summed E-state index contributed by atoms with van der Waals surface area (Å²) >= 11 is 0. The molecule has 21 heavy (non-hydrogen) atoms. The number of fused-ring (bicyclic) bond motifs is 1. The molecule has 0 aromatic rings. The van der Waals surface area contributed by atoms with E-state index in [0.29, 0.717) is 4.31 Å². The summed E-state index contributed by atoms with van der Waals surface area (Å²) in [7, 11) is -3.99. The van der Waals surface area contributed by atoms with E-state index in [0.717, 1.165) is 0 Å². The average molecular weight is 323 g/mol. The van der Waals surface area contributed by atoms with Gasteiger partial charge in [0.05, 0.1) is 25.9 Å². The number of ether oxygens (including phenoxy) is 2.